The van der Waals surface area contributed by atoms with Gasteiger partial charge in [-0.05, 0) is 12.5 Å². The fourth-order valence-corrected chi connectivity index (χ4v) is 6.61. The number of amides is 2. The molecule has 2 N–H and O–H groups in total. The summed E-state index contributed by atoms with van der Waals surface area (Å²) in [7, 11) is 0. The number of nitrogens with zero attached hydrogens (tertiary/aromatic N) is 6. The summed E-state index contributed by atoms with van der Waals surface area (Å²) in [4.78, 5) is 48.3. The number of nitro groups is 1. The van der Waals surface area contributed by atoms with Crippen LogP contribution in [0.3, 0.4) is 0 Å². The summed E-state index contributed by atoms with van der Waals surface area (Å²) in [5, 5.41) is 35.1. The van der Waals surface area contributed by atoms with Crippen molar-refractivity contribution < 1.29 is 24.4 Å². The third-order valence-corrected chi connectivity index (χ3v) is 8.24. The molecule has 0 radical (unpaired) electrons. The molecule has 0 aromatic carbocycles. The molecule has 0 saturated carbocycles. The molecule has 13 nitrogen and oxygen atoms in total. The molecule has 174 valence electrons. The molecule has 0 bridgehead atoms. The number of hydrogen-bond acceptors (Lipinski definition) is 11. The molecule has 0 spiro atoms. The maximum atomic E-state index is 12.7. The summed E-state index contributed by atoms with van der Waals surface area (Å²) in [5.41, 5.74) is 0.383. The molecule has 2 aliphatic rings. The van der Waals surface area contributed by atoms with Crippen LogP contribution < -0.4 is 5.32 Å². The van der Waals surface area contributed by atoms with E-state index in [2.05, 4.69) is 20.6 Å². The Labute approximate surface area is 198 Å². The molecular formula is C17H17N7O6S3. The minimum absolute atomic E-state index is 0.0369. The number of carbonyl (C=O) groups excluding carboxylic acids is 2. The number of thioether (sulfide) groups is 2. The lowest BCUT2D eigenvalue weighted by Crippen LogP contribution is -2.70. The number of fused-ring (bicyclic) bond motifs is 1. The Balaban J connectivity index is 1.36. The summed E-state index contributed by atoms with van der Waals surface area (Å²) >= 11 is 4.17. The highest BCUT2D eigenvalue weighted by atomic mass is 32.2. The van der Waals surface area contributed by atoms with E-state index in [1.165, 1.54) is 50.6 Å². The molecule has 4 heterocycles. The second-order valence-electron chi connectivity index (χ2n) is 7.06. The van der Waals surface area contributed by atoms with Crippen LogP contribution in [0.4, 0.5) is 5.69 Å². The van der Waals surface area contributed by atoms with E-state index in [-0.39, 0.29) is 24.4 Å². The van der Waals surface area contributed by atoms with E-state index in [9.17, 15) is 29.6 Å². The third kappa shape index (κ3) is 4.86. The van der Waals surface area contributed by atoms with Crippen LogP contribution in [-0.4, -0.2) is 75.6 Å². The lowest BCUT2D eigenvalue weighted by Gasteiger charge is -2.49. The Morgan fingerprint density at radius 3 is 2.85 bits per heavy atom. The summed E-state index contributed by atoms with van der Waals surface area (Å²) < 4.78 is 2.00. The molecule has 1 saturated heterocycles. The van der Waals surface area contributed by atoms with Crippen LogP contribution in [0.5, 0.6) is 0 Å². The predicted octanol–water partition coefficient (Wildman–Crippen LogP) is 0.872. The molecule has 4 rings (SSSR count). The van der Waals surface area contributed by atoms with Gasteiger partial charge < -0.3 is 10.4 Å². The maximum absolute atomic E-state index is 12.7. The number of aromatic nitrogens is 4. The Morgan fingerprint density at radius 2 is 2.21 bits per heavy atom. The van der Waals surface area contributed by atoms with Crippen molar-refractivity contribution in [1.82, 2.24) is 30.2 Å². The number of hydrogen-bond donors (Lipinski definition) is 2. The standard InChI is InChI=1S/C17H17N7O6S3/c1-8-20-21-17(33-8)32-7-9-6-31-15-12(14(26)23(15)13(9)16(27)28)19-11(25)2-3-22-5-10(4-18-22)24(29)30/h4-5,12,15H,2-3,6-7H2,1H3,(H,19,25)(H,27,28)/t12-,15+/m0/s1. The van der Waals surface area contributed by atoms with Gasteiger partial charge in [0.1, 0.15) is 34.5 Å². The average molecular weight is 512 g/mol. The number of carbonyl (C=O) groups is 3. The van der Waals surface area contributed by atoms with Crippen molar-refractivity contribution in [3.05, 3.63) is 38.8 Å². The largest absolute Gasteiger partial charge is 0.477 e. The van der Waals surface area contributed by atoms with Gasteiger partial charge in [0.25, 0.3) is 5.91 Å². The second kappa shape index (κ2) is 9.48. The normalized spacial score (nSPS) is 19.8. The molecule has 2 aliphatic heterocycles. The number of rotatable bonds is 9. The fourth-order valence-electron chi connectivity index (χ4n) is 3.31. The topological polar surface area (TPSA) is 173 Å². The Hall–Kier alpha value is -2.98. The van der Waals surface area contributed by atoms with E-state index >= 15 is 0 Å². The van der Waals surface area contributed by atoms with E-state index in [4.69, 9.17) is 0 Å². The molecular weight excluding hydrogens is 494 g/mol. The van der Waals surface area contributed by atoms with E-state index < -0.39 is 34.1 Å². The highest BCUT2D eigenvalue weighted by molar-refractivity contribution is 8.01. The highest BCUT2D eigenvalue weighted by Gasteiger charge is 2.54. The number of β-lactam (4-membered cyclic amide) rings is 1. The van der Waals surface area contributed by atoms with Crippen LogP contribution >= 0.6 is 34.9 Å². The molecule has 1 fully saturated rings. The Bertz CT molecular complexity index is 1160. The Kier molecular flexibility index (Phi) is 6.66. The van der Waals surface area contributed by atoms with Gasteiger partial charge in [-0.2, -0.15) is 5.10 Å². The number of carboxylic acids is 1. The molecule has 2 aromatic rings. The monoisotopic (exact) mass is 511 g/mol. The van der Waals surface area contributed by atoms with Gasteiger partial charge in [-0.3, -0.25) is 29.3 Å². The first-order chi connectivity index (χ1) is 15.7. The minimum Gasteiger partial charge on any atom is -0.477 e. The first-order valence-corrected chi connectivity index (χ1v) is 12.4. The molecule has 0 aliphatic carbocycles. The Morgan fingerprint density at radius 1 is 1.42 bits per heavy atom. The van der Waals surface area contributed by atoms with Crippen LogP contribution in [0.15, 0.2) is 28.0 Å². The number of aliphatic carboxylic acids is 1. The van der Waals surface area contributed by atoms with Gasteiger partial charge in [0.2, 0.25) is 5.91 Å². The molecule has 2 atom stereocenters. The smallest absolute Gasteiger partial charge is 0.352 e. The van der Waals surface area contributed by atoms with Gasteiger partial charge in [-0.25, -0.2) is 4.79 Å². The maximum Gasteiger partial charge on any atom is 0.352 e. The molecule has 0 unspecified atom stereocenters. The quantitative estimate of drug-likeness (QED) is 0.212. The van der Waals surface area contributed by atoms with Gasteiger partial charge in [-0.1, -0.05) is 23.1 Å². The third-order valence-electron chi connectivity index (χ3n) is 4.84. The average Bonchev–Trinajstić information content (AvgIpc) is 3.42. The number of aryl methyl sites for hydroxylation is 2. The first kappa shape index (κ1) is 23.2. The van der Waals surface area contributed by atoms with Crippen LogP contribution in [0.2, 0.25) is 0 Å². The van der Waals surface area contributed by atoms with Crippen LogP contribution in [-0.2, 0) is 20.9 Å². The first-order valence-electron chi connectivity index (χ1n) is 9.53. The summed E-state index contributed by atoms with van der Waals surface area (Å²) in [5.74, 6) is -1.33. The van der Waals surface area contributed by atoms with Crippen molar-refractivity contribution in [2.45, 2.75) is 35.6 Å². The van der Waals surface area contributed by atoms with Crippen LogP contribution in [0.1, 0.15) is 11.4 Å². The molecule has 16 heteroatoms. The summed E-state index contributed by atoms with van der Waals surface area (Å²) in [6.45, 7) is 1.94. The van der Waals surface area contributed by atoms with Crippen molar-refractivity contribution in [3.63, 3.8) is 0 Å². The van der Waals surface area contributed by atoms with Gasteiger partial charge in [0, 0.05) is 24.5 Å². The van der Waals surface area contributed by atoms with Crippen LogP contribution in [0, 0.1) is 17.0 Å². The van der Waals surface area contributed by atoms with E-state index in [1.807, 2.05) is 6.92 Å². The van der Waals surface area contributed by atoms with Gasteiger partial charge >= 0.3 is 11.7 Å². The zero-order valence-corrected chi connectivity index (χ0v) is 19.5. The lowest BCUT2D eigenvalue weighted by molar-refractivity contribution is -0.385. The van der Waals surface area contributed by atoms with E-state index in [0.29, 0.717) is 17.1 Å². The molecule has 2 amide bonds. The van der Waals surface area contributed by atoms with E-state index in [1.54, 1.807) is 0 Å². The fraction of sp³-hybridized carbons (Fsp3) is 0.412. The summed E-state index contributed by atoms with van der Waals surface area (Å²) in [6, 6.07) is -0.830. The summed E-state index contributed by atoms with van der Waals surface area (Å²) in [6.07, 6.45) is 2.27. The van der Waals surface area contributed by atoms with Gasteiger partial charge in [-0.15, -0.1) is 22.0 Å². The SMILES string of the molecule is Cc1nnc(SCC2=C(C(=O)O)N3C(=O)[C@H](NC(=O)CCn4cc([N+](=O)[O-])cn4)[C@H]3SC2)s1. The highest BCUT2D eigenvalue weighted by Crippen LogP contribution is 2.41. The van der Waals surface area contributed by atoms with Crippen molar-refractivity contribution >= 4 is 58.3 Å². The van der Waals surface area contributed by atoms with Crippen molar-refractivity contribution in [3.8, 4) is 0 Å². The van der Waals surface area contributed by atoms with E-state index in [0.717, 1.165) is 15.5 Å². The zero-order chi connectivity index (χ0) is 23.7. The number of carboxylic acid groups (broad SMARTS) is 1. The van der Waals surface area contributed by atoms with Crippen molar-refractivity contribution in [2.24, 2.45) is 0 Å². The van der Waals surface area contributed by atoms with Gasteiger partial charge in [0.15, 0.2) is 4.34 Å². The van der Waals surface area contributed by atoms with Crippen LogP contribution in [0.25, 0.3) is 0 Å². The minimum atomic E-state index is -1.19. The van der Waals surface area contributed by atoms with Crippen molar-refractivity contribution in [2.75, 3.05) is 11.5 Å². The predicted molar refractivity (Wildman–Crippen MR) is 119 cm³/mol. The number of nitrogens with one attached hydrogen (secondary N) is 1. The van der Waals surface area contributed by atoms with Gasteiger partial charge in [0.05, 0.1) is 4.92 Å². The lowest BCUT2D eigenvalue weighted by atomic mass is 10.0. The second-order valence-corrected chi connectivity index (χ2v) is 10.6. The zero-order valence-electron chi connectivity index (χ0n) is 17.0. The van der Waals surface area contributed by atoms with Crippen molar-refractivity contribution in [1.29, 1.82) is 0 Å². The molecule has 2 aromatic heterocycles. The molecule has 33 heavy (non-hydrogen) atoms.